The molecule has 1 fully saturated rings. The predicted molar refractivity (Wildman–Crippen MR) is 88.9 cm³/mol. The van der Waals surface area contributed by atoms with E-state index in [1.54, 1.807) is 0 Å². The molecule has 0 spiro atoms. The molecule has 0 radical (unpaired) electrons. The Morgan fingerprint density at radius 1 is 0.708 bits per heavy atom. The summed E-state index contributed by atoms with van der Waals surface area (Å²) in [5, 5.41) is 0. The van der Waals surface area contributed by atoms with Crippen molar-refractivity contribution in [2.45, 2.75) is 37.9 Å². The Balaban J connectivity index is 1.58. The third-order valence-electron chi connectivity index (χ3n) is 4.21. The zero-order valence-electron chi connectivity index (χ0n) is 13.4. The number of carbonyl (C=O) groups excluding carboxylic acids is 2. The third-order valence-corrected chi connectivity index (χ3v) is 4.21. The van der Waals surface area contributed by atoms with E-state index in [1.165, 1.54) is 5.56 Å². The molecule has 1 aliphatic heterocycles. The van der Waals surface area contributed by atoms with Gasteiger partial charge in [0.15, 0.2) is 0 Å². The van der Waals surface area contributed by atoms with Gasteiger partial charge in [0.05, 0.1) is 0 Å². The number of hydrogen-bond acceptors (Lipinski definition) is 4. The molecule has 0 amide bonds. The maximum atomic E-state index is 11.5. The number of carbonyl (C=O) groups is 2. The van der Waals surface area contributed by atoms with E-state index in [-0.39, 0.29) is 0 Å². The van der Waals surface area contributed by atoms with Crippen LogP contribution in [0.5, 0.6) is 0 Å². The fourth-order valence-corrected chi connectivity index (χ4v) is 2.97. The molecule has 0 bridgehead atoms. The highest BCUT2D eigenvalue weighted by Gasteiger charge is 2.49. The van der Waals surface area contributed by atoms with Crippen molar-refractivity contribution in [1.29, 1.82) is 0 Å². The van der Waals surface area contributed by atoms with Crippen LogP contribution in [0.25, 0.3) is 0 Å². The highest BCUT2D eigenvalue weighted by atomic mass is 16.8. The quantitative estimate of drug-likeness (QED) is 0.442. The number of benzene rings is 2. The Morgan fingerprint density at radius 2 is 1.29 bits per heavy atom. The maximum absolute atomic E-state index is 11.5. The van der Waals surface area contributed by atoms with Crippen LogP contribution in [0, 0.1) is 0 Å². The van der Waals surface area contributed by atoms with Crippen LogP contribution in [0.15, 0.2) is 60.7 Å². The van der Waals surface area contributed by atoms with Gasteiger partial charge in [0, 0.05) is 12.0 Å². The minimum atomic E-state index is -1.26. The van der Waals surface area contributed by atoms with Crippen molar-refractivity contribution in [1.82, 2.24) is 0 Å². The van der Waals surface area contributed by atoms with Crippen LogP contribution < -0.4 is 0 Å². The van der Waals surface area contributed by atoms with Crippen molar-refractivity contribution in [3.8, 4) is 0 Å². The van der Waals surface area contributed by atoms with Crippen molar-refractivity contribution in [2.75, 3.05) is 0 Å². The average molecular weight is 324 g/mol. The van der Waals surface area contributed by atoms with Crippen molar-refractivity contribution in [3.63, 3.8) is 0 Å². The van der Waals surface area contributed by atoms with E-state index in [0.717, 1.165) is 25.7 Å². The molecule has 2 aromatic rings. The fourth-order valence-electron chi connectivity index (χ4n) is 2.97. The zero-order chi connectivity index (χ0) is 16.8. The van der Waals surface area contributed by atoms with Crippen LogP contribution in [0.4, 0.5) is 0 Å². The lowest BCUT2D eigenvalue weighted by atomic mass is 9.98. The first kappa shape index (κ1) is 16.2. The first-order valence-corrected chi connectivity index (χ1v) is 8.25. The van der Waals surface area contributed by atoms with Gasteiger partial charge in [-0.1, -0.05) is 67.1 Å². The molecule has 0 aliphatic carbocycles. The van der Waals surface area contributed by atoms with Gasteiger partial charge >= 0.3 is 11.9 Å². The number of hydrogen-bond donors (Lipinski definition) is 0. The Morgan fingerprint density at radius 3 is 1.92 bits per heavy atom. The van der Waals surface area contributed by atoms with Crippen LogP contribution in [-0.2, 0) is 31.3 Å². The molecule has 4 heteroatoms. The van der Waals surface area contributed by atoms with E-state index in [0.29, 0.717) is 12.0 Å². The molecule has 1 aliphatic rings. The van der Waals surface area contributed by atoms with Crippen LogP contribution in [-0.4, -0.2) is 11.9 Å². The molecule has 2 aromatic carbocycles. The largest absolute Gasteiger partial charge is 0.421 e. The Kier molecular flexibility index (Phi) is 4.94. The highest BCUT2D eigenvalue weighted by Crippen LogP contribution is 2.37. The van der Waals surface area contributed by atoms with Gasteiger partial charge in [0.2, 0.25) is 0 Å². The molecule has 24 heavy (non-hydrogen) atoms. The minimum Gasteiger partial charge on any atom is -0.409 e. The lowest BCUT2D eigenvalue weighted by Gasteiger charge is -2.25. The second-order valence-corrected chi connectivity index (χ2v) is 5.94. The molecule has 0 saturated carbocycles. The molecular weight excluding hydrogens is 304 g/mol. The standard InChI is InChI=1S/C20H20O4/c21-18-19(22)24-20(23-18,17-13-7-2-8-14-17)15-9-3-6-12-16-10-4-1-5-11-16/h1-2,4-5,7-8,10-11,13-14H,3,6,9,12,15H2. The van der Waals surface area contributed by atoms with E-state index in [4.69, 9.17) is 9.47 Å². The van der Waals surface area contributed by atoms with Gasteiger partial charge in [0.1, 0.15) is 0 Å². The molecule has 124 valence electrons. The van der Waals surface area contributed by atoms with E-state index in [2.05, 4.69) is 12.1 Å². The summed E-state index contributed by atoms with van der Waals surface area (Å²) in [5.41, 5.74) is 2.02. The summed E-state index contributed by atoms with van der Waals surface area (Å²) in [4.78, 5) is 23.1. The summed E-state index contributed by atoms with van der Waals surface area (Å²) >= 11 is 0. The maximum Gasteiger partial charge on any atom is 0.421 e. The number of aryl methyl sites for hydroxylation is 1. The Labute approximate surface area is 141 Å². The second-order valence-electron chi connectivity index (χ2n) is 5.94. The summed E-state index contributed by atoms with van der Waals surface area (Å²) in [7, 11) is 0. The minimum absolute atomic E-state index is 0.475. The average Bonchev–Trinajstić information content (AvgIpc) is 2.92. The SMILES string of the molecule is O=C1OC(CCCCCc2ccccc2)(c2ccccc2)OC1=O. The van der Waals surface area contributed by atoms with Gasteiger partial charge in [-0.2, -0.15) is 0 Å². The normalized spacial score (nSPS) is 15.8. The van der Waals surface area contributed by atoms with Gasteiger partial charge in [-0.3, -0.25) is 0 Å². The summed E-state index contributed by atoms with van der Waals surface area (Å²) < 4.78 is 10.6. The van der Waals surface area contributed by atoms with E-state index in [1.807, 2.05) is 48.5 Å². The first-order chi connectivity index (χ1) is 11.7. The van der Waals surface area contributed by atoms with E-state index >= 15 is 0 Å². The second kappa shape index (κ2) is 7.30. The Bertz CT molecular complexity index is 678. The van der Waals surface area contributed by atoms with E-state index < -0.39 is 17.7 Å². The molecule has 0 unspecified atom stereocenters. The molecule has 1 heterocycles. The molecule has 4 nitrogen and oxygen atoms in total. The van der Waals surface area contributed by atoms with Crippen LogP contribution in [0.3, 0.4) is 0 Å². The molecular formula is C20H20O4. The van der Waals surface area contributed by atoms with Crippen LogP contribution >= 0.6 is 0 Å². The molecule has 0 aromatic heterocycles. The van der Waals surface area contributed by atoms with Crippen LogP contribution in [0.1, 0.15) is 36.8 Å². The number of rotatable bonds is 7. The fraction of sp³-hybridized carbons (Fsp3) is 0.300. The number of unbranched alkanes of at least 4 members (excludes halogenated alkanes) is 2. The third kappa shape index (κ3) is 3.65. The molecule has 3 rings (SSSR count). The topological polar surface area (TPSA) is 52.6 Å². The number of esters is 2. The van der Waals surface area contributed by atoms with Gasteiger partial charge in [-0.15, -0.1) is 0 Å². The predicted octanol–water partition coefficient (Wildman–Crippen LogP) is 3.74. The Hall–Kier alpha value is -2.62. The lowest BCUT2D eigenvalue weighted by Crippen LogP contribution is -2.27. The summed E-state index contributed by atoms with van der Waals surface area (Å²) in [6.45, 7) is 0. The van der Waals surface area contributed by atoms with Gasteiger partial charge in [-0.25, -0.2) is 9.59 Å². The summed E-state index contributed by atoms with van der Waals surface area (Å²) in [6.07, 6.45) is 4.31. The van der Waals surface area contributed by atoms with Crippen molar-refractivity contribution in [2.24, 2.45) is 0 Å². The summed E-state index contributed by atoms with van der Waals surface area (Å²) in [5.74, 6) is -3.09. The highest BCUT2D eigenvalue weighted by molar-refractivity contribution is 6.31. The van der Waals surface area contributed by atoms with Crippen LogP contribution in [0.2, 0.25) is 0 Å². The first-order valence-electron chi connectivity index (χ1n) is 8.25. The lowest BCUT2D eigenvalue weighted by molar-refractivity contribution is -0.187. The van der Waals surface area contributed by atoms with Crippen molar-refractivity contribution >= 4 is 11.9 Å². The van der Waals surface area contributed by atoms with E-state index in [9.17, 15) is 9.59 Å². The zero-order valence-corrected chi connectivity index (χ0v) is 13.4. The molecule has 0 atom stereocenters. The van der Waals surface area contributed by atoms with Gasteiger partial charge in [-0.05, 0) is 24.8 Å². The summed E-state index contributed by atoms with van der Waals surface area (Å²) in [6, 6.07) is 19.5. The molecule has 0 N–H and O–H groups in total. The van der Waals surface area contributed by atoms with Crippen molar-refractivity contribution in [3.05, 3.63) is 71.8 Å². The monoisotopic (exact) mass is 324 g/mol. The number of ether oxygens (including phenoxy) is 2. The van der Waals surface area contributed by atoms with Gasteiger partial charge < -0.3 is 9.47 Å². The van der Waals surface area contributed by atoms with Gasteiger partial charge in [0.25, 0.3) is 5.79 Å². The smallest absolute Gasteiger partial charge is 0.409 e. The molecule has 1 saturated heterocycles. The number of cyclic esters (lactones) is 2. The van der Waals surface area contributed by atoms with Crippen molar-refractivity contribution < 1.29 is 19.1 Å².